The van der Waals surface area contributed by atoms with Crippen LogP contribution in [0.2, 0.25) is 0 Å². The number of phenols is 1. The summed E-state index contributed by atoms with van der Waals surface area (Å²) in [5, 5.41) is 13.8. The quantitative estimate of drug-likeness (QED) is 0.612. The van der Waals surface area contributed by atoms with Crippen molar-refractivity contribution >= 4 is 11.9 Å². The van der Waals surface area contributed by atoms with E-state index in [9.17, 15) is 23.5 Å². The Bertz CT molecular complexity index is 1130. The minimum atomic E-state index is -1.03. The van der Waals surface area contributed by atoms with Gasteiger partial charge in [0, 0.05) is 28.6 Å². The molecule has 0 fully saturated rings. The van der Waals surface area contributed by atoms with Crippen LogP contribution in [0.1, 0.15) is 39.2 Å². The number of benzene rings is 2. The number of phenolic OH excluding ortho intramolecular Hbond substituents is 1. The average Bonchev–Trinajstić information content (AvgIpc) is 2.74. The predicted octanol–water partition coefficient (Wildman–Crippen LogP) is 4.70. The second-order valence-corrected chi connectivity index (χ2v) is 7.47. The number of esters is 2. The molecule has 0 unspecified atom stereocenters. The van der Waals surface area contributed by atoms with Gasteiger partial charge in [0.2, 0.25) is 0 Å². The van der Waals surface area contributed by atoms with Gasteiger partial charge in [-0.05, 0) is 57.5 Å². The van der Waals surface area contributed by atoms with Crippen LogP contribution >= 0.6 is 0 Å². The minimum Gasteiger partial charge on any atom is -0.508 e. The van der Waals surface area contributed by atoms with Crippen molar-refractivity contribution in [3.8, 4) is 16.9 Å². The Labute approximate surface area is 190 Å². The monoisotopic (exact) mass is 457 g/mol. The summed E-state index contributed by atoms with van der Waals surface area (Å²) in [6, 6.07) is 7.44. The lowest BCUT2D eigenvalue weighted by molar-refractivity contribution is -0.139. The normalized spacial score (nSPS) is 14.2. The molecule has 174 valence electrons. The molecule has 2 N–H and O–H groups in total. The summed E-state index contributed by atoms with van der Waals surface area (Å²) in [5.41, 5.74) is 1.75. The van der Waals surface area contributed by atoms with E-state index < -0.39 is 29.5 Å². The summed E-state index contributed by atoms with van der Waals surface area (Å²) < 4.78 is 38.3. The van der Waals surface area contributed by atoms with Crippen molar-refractivity contribution in [3.05, 3.63) is 76.1 Å². The van der Waals surface area contributed by atoms with E-state index in [0.29, 0.717) is 17.0 Å². The van der Waals surface area contributed by atoms with Gasteiger partial charge < -0.3 is 19.9 Å². The van der Waals surface area contributed by atoms with E-state index in [0.717, 1.165) is 12.1 Å². The SMILES string of the molecule is CCOC(=O)C1=C(C)NC(C)=C(C(=O)OCC)C1c1cc(-c2ccc(F)cc2F)ccc1O. The molecule has 1 aliphatic heterocycles. The molecule has 1 heterocycles. The maximum absolute atomic E-state index is 14.5. The van der Waals surface area contributed by atoms with Crippen LogP contribution in [0.4, 0.5) is 8.78 Å². The molecule has 0 atom stereocenters. The lowest BCUT2D eigenvalue weighted by Gasteiger charge is -2.31. The number of nitrogens with one attached hydrogen (secondary N) is 1. The number of rotatable bonds is 6. The Morgan fingerprint density at radius 1 is 0.939 bits per heavy atom. The highest BCUT2D eigenvalue weighted by molar-refractivity contribution is 6.00. The van der Waals surface area contributed by atoms with Gasteiger partial charge in [-0.25, -0.2) is 18.4 Å². The maximum atomic E-state index is 14.5. The summed E-state index contributed by atoms with van der Waals surface area (Å²) >= 11 is 0. The van der Waals surface area contributed by atoms with E-state index >= 15 is 0 Å². The molecule has 3 rings (SSSR count). The van der Waals surface area contributed by atoms with Gasteiger partial charge in [0.15, 0.2) is 0 Å². The van der Waals surface area contributed by atoms with Crippen LogP contribution in [0.5, 0.6) is 5.75 Å². The molecule has 6 nitrogen and oxygen atoms in total. The van der Waals surface area contributed by atoms with E-state index in [1.54, 1.807) is 27.7 Å². The number of hydrogen-bond donors (Lipinski definition) is 2. The highest BCUT2D eigenvalue weighted by Crippen LogP contribution is 2.44. The third kappa shape index (κ3) is 4.74. The van der Waals surface area contributed by atoms with Gasteiger partial charge in [-0.3, -0.25) is 0 Å². The number of carbonyl (C=O) groups is 2. The molecule has 2 aromatic rings. The molecule has 33 heavy (non-hydrogen) atoms. The molecule has 0 aromatic heterocycles. The van der Waals surface area contributed by atoms with Crippen LogP contribution in [0.15, 0.2) is 58.9 Å². The first-order valence-corrected chi connectivity index (χ1v) is 10.5. The number of carbonyl (C=O) groups excluding carboxylic acids is 2. The van der Waals surface area contributed by atoms with Crippen LogP contribution in [0.25, 0.3) is 11.1 Å². The van der Waals surface area contributed by atoms with E-state index in [1.165, 1.54) is 24.3 Å². The summed E-state index contributed by atoms with van der Waals surface area (Å²) in [7, 11) is 0. The van der Waals surface area contributed by atoms with Crippen LogP contribution < -0.4 is 5.32 Å². The number of aromatic hydroxyl groups is 1. The molecule has 0 aliphatic carbocycles. The first-order valence-electron chi connectivity index (χ1n) is 10.5. The van der Waals surface area contributed by atoms with E-state index in [1.807, 2.05) is 0 Å². The molecule has 0 saturated carbocycles. The van der Waals surface area contributed by atoms with Gasteiger partial charge in [0.1, 0.15) is 17.4 Å². The minimum absolute atomic E-state index is 0.100. The van der Waals surface area contributed by atoms with Gasteiger partial charge >= 0.3 is 11.9 Å². The Morgan fingerprint density at radius 3 is 2.03 bits per heavy atom. The molecule has 0 bridgehead atoms. The van der Waals surface area contributed by atoms with Crippen LogP contribution in [-0.4, -0.2) is 30.3 Å². The molecule has 0 saturated heterocycles. The number of dihydropyridines is 1. The number of halogens is 2. The molecule has 2 aromatic carbocycles. The molecule has 0 spiro atoms. The molecule has 0 radical (unpaired) electrons. The van der Waals surface area contributed by atoms with Gasteiger partial charge in [-0.1, -0.05) is 6.07 Å². The zero-order chi connectivity index (χ0) is 24.3. The van der Waals surface area contributed by atoms with Crippen molar-refractivity contribution in [1.82, 2.24) is 5.32 Å². The highest BCUT2D eigenvalue weighted by atomic mass is 19.1. The van der Waals surface area contributed by atoms with Crippen LogP contribution in [0, 0.1) is 11.6 Å². The van der Waals surface area contributed by atoms with Gasteiger partial charge in [0.25, 0.3) is 0 Å². The first-order chi connectivity index (χ1) is 15.7. The van der Waals surface area contributed by atoms with Crippen molar-refractivity contribution in [2.24, 2.45) is 0 Å². The Hall–Kier alpha value is -3.68. The molecular weight excluding hydrogens is 432 g/mol. The Kier molecular flexibility index (Phi) is 7.16. The molecular formula is C25H25F2NO5. The van der Waals surface area contributed by atoms with E-state index in [4.69, 9.17) is 9.47 Å². The van der Waals surface area contributed by atoms with E-state index in [2.05, 4.69) is 5.32 Å². The number of ether oxygens (including phenoxy) is 2. The van der Waals surface area contributed by atoms with E-state index in [-0.39, 0.29) is 41.2 Å². The number of allylic oxidation sites excluding steroid dienone is 2. The second kappa shape index (κ2) is 9.85. The van der Waals surface area contributed by atoms with Crippen molar-refractivity contribution in [2.75, 3.05) is 13.2 Å². The molecule has 0 amide bonds. The third-order valence-corrected chi connectivity index (χ3v) is 5.33. The average molecular weight is 457 g/mol. The lowest BCUT2D eigenvalue weighted by Crippen LogP contribution is -2.32. The zero-order valence-electron chi connectivity index (χ0n) is 18.8. The zero-order valence-corrected chi connectivity index (χ0v) is 18.8. The topological polar surface area (TPSA) is 84.9 Å². The van der Waals surface area contributed by atoms with Crippen LogP contribution in [-0.2, 0) is 19.1 Å². The van der Waals surface area contributed by atoms with Crippen molar-refractivity contribution in [2.45, 2.75) is 33.6 Å². The third-order valence-electron chi connectivity index (χ3n) is 5.33. The first kappa shape index (κ1) is 24.0. The summed E-state index contributed by atoms with van der Waals surface area (Å²) in [6.45, 7) is 6.83. The fourth-order valence-corrected chi connectivity index (χ4v) is 3.94. The molecule has 1 aliphatic rings. The predicted molar refractivity (Wildman–Crippen MR) is 118 cm³/mol. The standard InChI is InChI=1S/C25H25F2NO5/c1-5-32-24(30)21-13(3)28-14(4)22(25(31)33-6-2)23(21)18-11-15(7-10-20(18)29)17-9-8-16(26)12-19(17)27/h7-12,23,28-29H,5-6H2,1-4H3. The van der Waals surface area contributed by atoms with Crippen molar-refractivity contribution in [3.63, 3.8) is 0 Å². The van der Waals surface area contributed by atoms with Crippen molar-refractivity contribution < 1.29 is 33.0 Å². The fourth-order valence-electron chi connectivity index (χ4n) is 3.94. The van der Waals surface area contributed by atoms with Crippen molar-refractivity contribution in [1.29, 1.82) is 0 Å². The van der Waals surface area contributed by atoms with Gasteiger partial charge in [0.05, 0.1) is 30.3 Å². The summed E-state index contributed by atoms with van der Waals surface area (Å²) in [4.78, 5) is 25.8. The second-order valence-electron chi connectivity index (χ2n) is 7.47. The van der Waals surface area contributed by atoms with Gasteiger partial charge in [-0.2, -0.15) is 0 Å². The lowest BCUT2D eigenvalue weighted by atomic mass is 9.79. The highest BCUT2D eigenvalue weighted by Gasteiger charge is 2.39. The molecule has 8 heteroatoms. The van der Waals surface area contributed by atoms with Gasteiger partial charge in [-0.15, -0.1) is 0 Å². The van der Waals surface area contributed by atoms with Crippen LogP contribution in [0.3, 0.4) is 0 Å². The Morgan fingerprint density at radius 2 is 1.52 bits per heavy atom. The summed E-state index contributed by atoms with van der Waals surface area (Å²) in [5.74, 6) is -4.09. The largest absolute Gasteiger partial charge is 0.508 e. The maximum Gasteiger partial charge on any atom is 0.336 e. The fraction of sp³-hybridized carbons (Fsp3) is 0.280. The number of hydrogen-bond acceptors (Lipinski definition) is 6. The summed E-state index contributed by atoms with van der Waals surface area (Å²) in [6.07, 6.45) is 0. The smallest absolute Gasteiger partial charge is 0.336 e. The Balaban J connectivity index is 2.26.